The molecule has 1 unspecified atom stereocenters. The van der Waals surface area contributed by atoms with Crippen LogP contribution in [0.4, 0.5) is 13.2 Å². The van der Waals surface area contributed by atoms with Crippen LogP contribution in [0.15, 0.2) is 22.7 Å². The van der Waals surface area contributed by atoms with Crippen molar-refractivity contribution in [2.45, 2.75) is 12.2 Å². The van der Waals surface area contributed by atoms with Crippen LogP contribution >= 0.6 is 15.9 Å². The molecular formula is C11H14BrF3N2O. The van der Waals surface area contributed by atoms with E-state index in [1.54, 1.807) is 18.2 Å². The molecule has 0 saturated carbocycles. The van der Waals surface area contributed by atoms with E-state index in [4.69, 9.17) is 10.5 Å². The van der Waals surface area contributed by atoms with Gasteiger partial charge in [0, 0.05) is 12.6 Å². The summed E-state index contributed by atoms with van der Waals surface area (Å²) < 4.78 is 42.1. The number of hydrogen-bond acceptors (Lipinski definition) is 3. The number of rotatable bonds is 5. The fourth-order valence-corrected chi connectivity index (χ4v) is 2.03. The average Bonchev–Trinajstić information content (AvgIpc) is 2.28. The van der Waals surface area contributed by atoms with Crippen molar-refractivity contribution in [1.29, 1.82) is 0 Å². The van der Waals surface area contributed by atoms with Crippen LogP contribution < -0.4 is 15.8 Å². The summed E-state index contributed by atoms with van der Waals surface area (Å²) in [5, 5.41) is 2.38. The molecule has 102 valence electrons. The third kappa shape index (κ3) is 4.47. The molecule has 1 aromatic rings. The Morgan fingerprint density at radius 2 is 2.11 bits per heavy atom. The lowest BCUT2D eigenvalue weighted by molar-refractivity contribution is -0.126. The summed E-state index contributed by atoms with van der Waals surface area (Å²) in [6, 6.07) is 4.51. The second-order valence-electron chi connectivity index (χ2n) is 3.68. The molecule has 1 atom stereocenters. The normalized spacial score (nSPS) is 13.4. The van der Waals surface area contributed by atoms with Gasteiger partial charge in [0.15, 0.2) is 0 Å². The first-order valence-electron chi connectivity index (χ1n) is 5.21. The number of benzene rings is 1. The van der Waals surface area contributed by atoms with Crippen LogP contribution in [0.3, 0.4) is 0 Å². The van der Waals surface area contributed by atoms with Crippen LogP contribution in [0.2, 0.25) is 0 Å². The largest absolute Gasteiger partial charge is 0.496 e. The Hall–Kier alpha value is -0.790. The van der Waals surface area contributed by atoms with Crippen molar-refractivity contribution in [2.75, 3.05) is 20.2 Å². The molecule has 7 heteroatoms. The number of hydrogen-bond donors (Lipinski definition) is 2. The quantitative estimate of drug-likeness (QED) is 0.874. The fourth-order valence-electron chi connectivity index (χ4n) is 1.48. The fraction of sp³-hybridized carbons (Fsp3) is 0.455. The van der Waals surface area contributed by atoms with Crippen molar-refractivity contribution in [2.24, 2.45) is 5.73 Å². The lowest BCUT2D eigenvalue weighted by Crippen LogP contribution is -2.35. The molecule has 0 spiro atoms. The maximum absolute atomic E-state index is 12.1. The number of halogens is 4. The van der Waals surface area contributed by atoms with Crippen LogP contribution in [0.1, 0.15) is 11.6 Å². The number of alkyl halides is 3. The van der Waals surface area contributed by atoms with Crippen molar-refractivity contribution in [3.8, 4) is 5.75 Å². The van der Waals surface area contributed by atoms with E-state index in [0.717, 1.165) is 0 Å². The maximum Gasteiger partial charge on any atom is 0.401 e. The first-order valence-corrected chi connectivity index (χ1v) is 6.00. The van der Waals surface area contributed by atoms with E-state index in [2.05, 4.69) is 21.2 Å². The Bertz CT molecular complexity index is 398. The van der Waals surface area contributed by atoms with Crippen LogP contribution in [0.5, 0.6) is 5.75 Å². The number of nitrogens with one attached hydrogen (secondary N) is 1. The van der Waals surface area contributed by atoms with Gasteiger partial charge in [-0.15, -0.1) is 0 Å². The standard InChI is InChI=1S/C11H14BrF3N2O/c1-18-10-3-2-7(4-8(10)12)9(5-16)17-6-11(13,14)15/h2-4,9,17H,5-6,16H2,1H3. The predicted molar refractivity (Wildman–Crippen MR) is 66.5 cm³/mol. The molecule has 0 heterocycles. The summed E-state index contributed by atoms with van der Waals surface area (Å²) in [6.07, 6.45) is -4.25. The zero-order valence-corrected chi connectivity index (χ0v) is 11.3. The molecule has 0 fully saturated rings. The van der Waals surface area contributed by atoms with Gasteiger partial charge >= 0.3 is 6.18 Å². The molecule has 3 N–H and O–H groups in total. The minimum atomic E-state index is -4.25. The van der Waals surface area contributed by atoms with Crippen LogP contribution in [-0.2, 0) is 0 Å². The molecule has 0 aliphatic rings. The summed E-state index contributed by atoms with van der Waals surface area (Å²) in [4.78, 5) is 0. The molecule has 0 bridgehead atoms. The van der Waals surface area contributed by atoms with Gasteiger partial charge < -0.3 is 15.8 Å². The van der Waals surface area contributed by atoms with E-state index in [1.165, 1.54) is 7.11 Å². The SMILES string of the molecule is COc1ccc(C(CN)NCC(F)(F)F)cc1Br. The highest BCUT2D eigenvalue weighted by molar-refractivity contribution is 9.10. The monoisotopic (exact) mass is 326 g/mol. The zero-order valence-electron chi connectivity index (χ0n) is 9.72. The highest BCUT2D eigenvalue weighted by Crippen LogP contribution is 2.28. The van der Waals surface area contributed by atoms with E-state index in [9.17, 15) is 13.2 Å². The predicted octanol–water partition coefficient (Wildman–Crippen LogP) is 2.61. The third-order valence-corrected chi connectivity index (χ3v) is 2.98. The molecule has 0 aromatic heterocycles. The molecule has 0 saturated heterocycles. The van der Waals surface area contributed by atoms with Crippen molar-refractivity contribution in [3.63, 3.8) is 0 Å². The Morgan fingerprint density at radius 3 is 2.56 bits per heavy atom. The van der Waals surface area contributed by atoms with Gasteiger partial charge in [-0.2, -0.15) is 13.2 Å². The van der Waals surface area contributed by atoms with Gasteiger partial charge in [0.25, 0.3) is 0 Å². The summed E-state index contributed by atoms with van der Waals surface area (Å²) in [7, 11) is 1.52. The Balaban J connectivity index is 2.79. The second kappa shape index (κ2) is 6.40. The average molecular weight is 327 g/mol. The molecule has 0 amide bonds. The van der Waals surface area contributed by atoms with Crippen LogP contribution in [-0.4, -0.2) is 26.4 Å². The highest BCUT2D eigenvalue weighted by atomic mass is 79.9. The molecular weight excluding hydrogens is 313 g/mol. The van der Waals surface area contributed by atoms with Gasteiger partial charge in [-0.25, -0.2) is 0 Å². The number of methoxy groups -OCH3 is 1. The summed E-state index contributed by atoms with van der Waals surface area (Å²) in [6.45, 7) is -0.993. The van der Waals surface area contributed by atoms with Gasteiger partial charge in [-0.3, -0.25) is 0 Å². The van der Waals surface area contributed by atoms with Gasteiger partial charge in [-0.1, -0.05) is 6.07 Å². The second-order valence-corrected chi connectivity index (χ2v) is 4.53. The minimum absolute atomic E-state index is 0.0782. The third-order valence-electron chi connectivity index (χ3n) is 2.36. The van der Waals surface area contributed by atoms with Gasteiger partial charge in [-0.05, 0) is 33.6 Å². The van der Waals surface area contributed by atoms with E-state index < -0.39 is 18.8 Å². The summed E-state index contributed by atoms with van der Waals surface area (Å²) >= 11 is 3.28. The van der Waals surface area contributed by atoms with Gasteiger partial charge in [0.1, 0.15) is 5.75 Å². The van der Waals surface area contributed by atoms with E-state index >= 15 is 0 Å². The lowest BCUT2D eigenvalue weighted by atomic mass is 10.1. The summed E-state index contributed by atoms with van der Waals surface area (Å²) in [5.74, 6) is 0.616. The van der Waals surface area contributed by atoms with Crippen molar-refractivity contribution in [3.05, 3.63) is 28.2 Å². The number of nitrogens with two attached hydrogens (primary N) is 1. The molecule has 1 aromatic carbocycles. The maximum atomic E-state index is 12.1. The Kier molecular flexibility index (Phi) is 5.43. The van der Waals surface area contributed by atoms with E-state index in [-0.39, 0.29) is 6.54 Å². The molecule has 0 aliphatic carbocycles. The van der Waals surface area contributed by atoms with Crippen molar-refractivity contribution < 1.29 is 17.9 Å². The van der Waals surface area contributed by atoms with Crippen LogP contribution in [0.25, 0.3) is 0 Å². The highest BCUT2D eigenvalue weighted by Gasteiger charge is 2.28. The van der Waals surface area contributed by atoms with Crippen molar-refractivity contribution in [1.82, 2.24) is 5.32 Å². The Labute approximate surface area is 112 Å². The van der Waals surface area contributed by atoms with Gasteiger partial charge in [0.2, 0.25) is 0 Å². The smallest absolute Gasteiger partial charge is 0.401 e. The van der Waals surface area contributed by atoms with E-state index in [0.29, 0.717) is 15.8 Å². The first kappa shape index (κ1) is 15.3. The molecule has 3 nitrogen and oxygen atoms in total. The molecule has 0 radical (unpaired) electrons. The van der Waals surface area contributed by atoms with Gasteiger partial charge in [0.05, 0.1) is 18.1 Å². The zero-order chi connectivity index (χ0) is 13.8. The molecule has 1 rings (SSSR count). The van der Waals surface area contributed by atoms with E-state index in [1.807, 2.05) is 0 Å². The number of ether oxygens (including phenoxy) is 1. The Morgan fingerprint density at radius 1 is 1.44 bits per heavy atom. The summed E-state index contributed by atoms with van der Waals surface area (Å²) in [5.41, 5.74) is 6.15. The topological polar surface area (TPSA) is 47.3 Å². The molecule has 18 heavy (non-hydrogen) atoms. The van der Waals surface area contributed by atoms with Crippen LogP contribution in [0, 0.1) is 0 Å². The first-order chi connectivity index (χ1) is 8.37. The molecule has 0 aliphatic heterocycles. The minimum Gasteiger partial charge on any atom is -0.496 e. The van der Waals surface area contributed by atoms with Crippen molar-refractivity contribution >= 4 is 15.9 Å². The lowest BCUT2D eigenvalue weighted by Gasteiger charge is -2.19.